The molecule has 0 spiro atoms. The summed E-state index contributed by atoms with van der Waals surface area (Å²) in [4.78, 5) is 0. The fraction of sp³-hybridized carbons (Fsp3) is 0.556. The first-order valence-electron chi connectivity index (χ1n) is 3.79. The molecule has 0 atom stereocenters. The fourth-order valence-corrected chi connectivity index (χ4v) is 0.819. The van der Waals surface area contributed by atoms with E-state index in [4.69, 9.17) is 0 Å². The second kappa shape index (κ2) is 6.40. The van der Waals surface area contributed by atoms with E-state index in [2.05, 4.69) is 37.4 Å². The molecule has 0 radical (unpaired) electrons. The van der Waals surface area contributed by atoms with Gasteiger partial charge in [0, 0.05) is 12.7 Å². The van der Waals surface area contributed by atoms with Gasteiger partial charge in [-0.25, -0.2) is 0 Å². The summed E-state index contributed by atoms with van der Waals surface area (Å²) < 4.78 is 0. The second-order valence-corrected chi connectivity index (χ2v) is 2.17. The van der Waals surface area contributed by atoms with Crippen molar-refractivity contribution in [1.82, 2.24) is 5.32 Å². The molecule has 0 unspecified atom stereocenters. The highest BCUT2D eigenvalue weighted by Crippen LogP contribution is 2.00. The Labute approximate surface area is 63.8 Å². The SMILES string of the molecule is C/C=C\CC/C(=C\C)NC. The zero-order chi connectivity index (χ0) is 7.82. The summed E-state index contributed by atoms with van der Waals surface area (Å²) >= 11 is 0. The summed E-state index contributed by atoms with van der Waals surface area (Å²) in [6.45, 7) is 4.11. The molecule has 0 aromatic heterocycles. The van der Waals surface area contributed by atoms with Crippen molar-refractivity contribution in [1.29, 1.82) is 0 Å². The number of hydrogen-bond donors (Lipinski definition) is 1. The second-order valence-electron chi connectivity index (χ2n) is 2.17. The van der Waals surface area contributed by atoms with Gasteiger partial charge in [0.25, 0.3) is 0 Å². The van der Waals surface area contributed by atoms with Crippen molar-refractivity contribution in [3.63, 3.8) is 0 Å². The molecule has 0 aliphatic rings. The lowest BCUT2D eigenvalue weighted by molar-refractivity contribution is 0.848. The molecule has 58 valence electrons. The number of rotatable bonds is 4. The van der Waals surface area contributed by atoms with Crippen molar-refractivity contribution in [3.8, 4) is 0 Å². The molecule has 0 aliphatic heterocycles. The molecule has 0 amide bonds. The number of hydrogen-bond acceptors (Lipinski definition) is 1. The molecule has 0 aromatic carbocycles. The average molecular weight is 139 g/mol. The minimum absolute atomic E-state index is 1.12. The van der Waals surface area contributed by atoms with Gasteiger partial charge in [0.2, 0.25) is 0 Å². The van der Waals surface area contributed by atoms with Gasteiger partial charge < -0.3 is 5.32 Å². The van der Waals surface area contributed by atoms with Gasteiger partial charge in [-0.05, 0) is 26.7 Å². The average Bonchev–Trinajstić information content (AvgIpc) is 1.99. The monoisotopic (exact) mass is 139 g/mol. The van der Waals surface area contributed by atoms with Crippen molar-refractivity contribution < 1.29 is 0 Å². The Bertz CT molecular complexity index is 123. The van der Waals surface area contributed by atoms with Crippen LogP contribution in [-0.2, 0) is 0 Å². The molecular weight excluding hydrogens is 122 g/mol. The van der Waals surface area contributed by atoms with E-state index in [9.17, 15) is 0 Å². The fourth-order valence-electron chi connectivity index (χ4n) is 0.819. The summed E-state index contributed by atoms with van der Waals surface area (Å²) in [5.74, 6) is 0. The molecule has 0 fully saturated rings. The Morgan fingerprint density at radius 2 is 2.10 bits per heavy atom. The first kappa shape index (κ1) is 9.28. The lowest BCUT2D eigenvalue weighted by Crippen LogP contribution is -2.04. The minimum Gasteiger partial charge on any atom is -0.392 e. The van der Waals surface area contributed by atoms with Gasteiger partial charge in [0.05, 0.1) is 0 Å². The van der Waals surface area contributed by atoms with E-state index in [1.165, 1.54) is 5.70 Å². The van der Waals surface area contributed by atoms with E-state index >= 15 is 0 Å². The van der Waals surface area contributed by atoms with Crippen LogP contribution in [0.3, 0.4) is 0 Å². The third-order valence-electron chi connectivity index (χ3n) is 1.49. The summed E-state index contributed by atoms with van der Waals surface area (Å²) in [5, 5.41) is 3.14. The highest BCUT2D eigenvalue weighted by Gasteiger charge is 1.87. The Balaban J connectivity index is 3.46. The van der Waals surface area contributed by atoms with E-state index in [1.807, 2.05) is 7.05 Å². The van der Waals surface area contributed by atoms with Gasteiger partial charge in [0.15, 0.2) is 0 Å². The van der Waals surface area contributed by atoms with Crippen molar-refractivity contribution in [2.45, 2.75) is 26.7 Å². The molecule has 0 saturated carbocycles. The lowest BCUT2D eigenvalue weighted by atomic mass is 10.2. The highest BCUT2D eigenvalue weighted by atomic mass is 14.8. The van der Waals surface area contributed by atoms with Crippen LogP contribution in [0.1, 0.15) is 26.7 Å². The molecule has 1 heteroatoms. The van der Waals surface area contributed by atoms with Crippen LogP contribution in [0.25, 0.3) is 0 Å². The molecule has 0 saturated heterocycles. The summed E-state index contributed by atoms with van der Waals surface area (Å²) in [6, 6.07) is 0. The van der Waals surface area contributed by atoms with Gasteiger partial charge in [0.1, 0.15) is 0 Å². The summed E-state index contributed by atoms with van der Waals surface area (Å²) in [6.07, 6.45) is 8.64. The molecule has 1 N–H and O–H groups in total. The summed E-state index contributed by atoms with van der Waals surface area (Å²) in [7, 11) is 1.96. The topological polar surface area (TPSA) is 12.0 Å². The standard InChI is InChI=1S/C9H17N/c1-4-6-7-8-9(5-2)10-3/h4-6,10H,7-8H2,1-3H3/b6-4-,9-5+. The van der Waals surface area contributed by atoms with Crippen LogP contribution in [0, 0.1) is 0 Å². The van der Waals surface area contributed by atoms with Gasteiger partial charge in [-0.1, -0.05) is 18.2 Å². The molecule has 0 rings (SSSR count). The van der Waals surface area contributed by atoms with Crippen LogP contribution < -0.4 is 5.32 Å². The largest absolute Gasteiger partial charge is 0.392 e. The lowest BCUT2D eigenvalue weighted by Gasteiger charge is -2.02. The molecular formula is C9H17N. The molecule has 0 heterocycles. The van der Waals surface area contributed by atoms with Crippen LogP contribution >= 0.6 is 0 Å². The highest BCUT2D eigenvalue weighted by molar-refractivity contribution is 4.98. The Kier molecular flexibility index (Phi) is 5.94. The van der Waals surface area contributed by atoms with Crippen LogP contribution in [0.4, 0.5) is 0 Å². The maximum Gasteiger partial charge on any atom is 0.00638 e. The zero-order valence-electron chi connectivity index (χ0n) is 7.15. The first-order valence-corrected chi connectivity index (χ1v) is 3.79. The van der Waals surface area contributed by atoms with E-state index in [1.54, 1.807) is 0 Å². The van der Waals surface area contributed by atoms with Gasteiger partial charge in [-0.3, -0.25) is 0 Å². The van der Waals surface area contributed by atoms with E-state index in [-0.39, 0.29) is 0 Å². The van der Waals surface area contributed by atoms with Gasteiger partial charge in [-0.15, -0.1) is 0 Å². The van der Waals surface area contributed by atoms with E-state index in [0.717, 1.165) is 12.8 Å². The van der Waals surface area contributed by atoms with Crippen LogP contribution in [0.2, 0.25) is 0 Å². The minimum atomic E-state index is 1.12. The Hall–Kier alpha value is -0.720. The number of nitrogens with one attached hydrogen (secondary N) is 1. The number of allylic oxidation sites excluding steroid dienone is 4. The molecule has 10 heavy (non-hydrogen) atoms. The third kappa shape index (κ3) is 4.19. The van der Waals surface area contributed by atoms with Crippen molar-refractivity contribution in [2.75, 3.05) is 7.05 Å². The van der Waals surface area contributed by atoms with Crippen LogP contribution in [0.15, 0.2) is 23.9 Å². The van der Waals surface area contributed by atoms with E-state index < -0.39 is 0 Å². The zero-order valence-corrected chi connectivity index (χ0v) is 7.15. The first-order chi connectivity index (χ1) is 4.85. The summed E-state index contributed by atoms with van der Waals surface area (Å²) in [5.41, 5.74) is 1.32. The third-order valence-corrected chi connectivity index (χ3v) is 1.49. The predicted octanol–water partition coefficient (Wildman–Crippen LogP) is 2.47. The van der Waals surface area contributed by atoms with Crippen molar-refractivity contribution in [2.24, 2.45) is 0 Å². The van der Waals surface area contributed by atoms with Crippen molar-refractivity contribution >= 4 is 0 Å². The maximum atomic E-state index is 3.14. The molecule has 0 aliphatic carbocycles. The van der Waals surface area contributed by atoms with Crippen LogP contribution in [-0.4, -0.2) is 7.05 Å². The molecule has 0 aromatic rings. The predicted molar refractivity (Wildman–Crippen MR) is 46.9 cm³/mol. The Morgan fingerprint density at radius 1 is 1.40 bits per heavy atom. The smallest absolute Gasteiger partial charge is 0.00638 e. The quantitative estimate of drug-likeness (QED) is 0.590. The molecule has 0 bridgehead atoms. The van der Waals surface area contributed by atoms with Crippen LogP contribution in [0.5, 0.6) is 0 Å². The van der Waals surface area contributed by atoms with Crippen molar-refractivity contribution in [3.05, 3.63) is 23.9 Å². The van der Waals surface area contributed by atoms with Gasteiger partial charge >= 0.3 is 0 Å². The molecule has 1 nitrogen and oxygen atoms in total. The van der Waals surface area contributed by atoms with E-state index in [0.29, 0.717) is 0 Å². The van der Waals surface area contributed by atoms with Gasteiger partial charge in [-0.2, -0.15) is 0 Å². The Morgan fingerprint density at radius 3 is 2.50 bits per heavy atom. The maximum absolute atomic E-state index is 3.14. The normalized spacial score (nSPS) is 12.5.